The third kappa shape index (κ3) is 4.25. The average Bonchev–Trinajstić information content (AvgIpc) is 3.50. The highest BCUT2D eigenvalue weighted by Crippen LogP contribution is 2.40. The third-order valence-corrected chi connectivity index (χ3v) is 4.49. The Morgan fingerprint density at radius 3 is 2.76 bits per heavy atom. The first kappa shape index (κ1) is 17.2. The van der Waals surface area contributed by atoms with Crippen LogP contribution >= 0.6 is 11.8 Å². The summed E-state index contributed by atoms with van der Waals surface area (Å²) in [7, 11) is 0. The van der Waals surface area contributed by atoms with Crippen LogP contribution in [0.1, 0.15) is 40.4 Å². The number of hydrogen-bond acceptors (Lipinski definition) is 7. The summed E-state index contributed by atoms with van der Waals surface area (Å²) in [6.07, 6.45) is 7.34. The Bertz CT molecular complexity index is 801. The molecule has 0 radical (unpaired) electrons. The van der Waals surface area contributed by atoms with Crippen LogP contribution in [-0.4, -0.2) is 40.2 Å². The fourth-order valence-corrected chi connectivity index (χ4v) is 2.96. The molecular formula is C17H18N6OS. The molecule has 0 unspecified atom stereocenters. The van der Waals surface area contributed by atoms with Gasteiger partial charge in [-0.1, -0.05) is 0 Å². The first-order valence-electron chi connectivity index (χ1n) is 8.01. The SMILES string of the molecule is CSc1nc(C2CC2)cc(C(=O)NCCNc2ncccn2)c1C#N. The molecule has 0 spiro atoms. The van der Waals surface area contributed by atoms with Crippen molar-refractivity contribution in [1.29, 1.82) is 5.26 Å². The van der Waals surface area contributed by atoms with Crippen LogP contribution in [0.25, 0.3) is 0 Å². The molecule has 1 fully saturated rings. The molecule has 3 rings (SSSR count). The lowest BCUT2D eigenvalue weighted by molar-refractivity contribution is 0.0954. The van der Waals surface area contributed by atoms with Crippen LogP contribution in [-0.2, 0) is 0 Å². The Kier molecular flexibility index (Phi) is 5.46. The molecule has 7 nitrogen and oxygen atoms in total. The van der Waals surface area contributed by atoms with Gasteiger partial charge in [-0.3, -0.25) is 4.79 Å². The molecule has 8 heteroatoms. The van der Waals surface area contributed by atoms with Crippen LogP contribution < -0.4 is 10.6 Å². The third-order valence-electron chi connectivity index (χ3n) is 3.81. The van der Waals surface area contributed by atoms with Gasteiger partial charge in [-0.05, 0) is 31.2 Å². The van der Waals surface area contributed by atoms with Crippen LogP contribution in [0.5, 0.6) is 0 Å². The summed E-state index contributed by atoms with van der Waals surface area (Å²) in [5.41, 5.74) is 1.65. The van der Waals surface area contributed by atoms with E-state index in [2.05, 4.69) is 31.7 Å². The topological polar surface area (TPSA) is 104 Å². The summed E-state index contributed by atoms with van der Waals surface area (Å²) >= 11 is 1.39. The highest BCUT2D eigenvalue weighted by Gasteiger charge is 2.28. The van der Waals surface area contributed by atoms with E-state index in [0.29, 0.717) is 41.1 Å². The molecule has 1 aliphatic rings. The van der Waals surface area contributed by atoms with Crippen LogP contribution in [0.3, 0.4) is 0 Å². The fourth-order valence-electron chi connectivity index (χ4n) is 2.40. The molecular weight excluding hydrogens is 336 g/mol. The van der Waals surface area contributed by atoms with Crippen LogP contribution in [0.4, 0.5) is 5.95 Å². The Morgan fingerprint density at radius 2 is 2.12 bits per heavy atom. The first-order chi connectivity index (χ1) is 12.2. The second kappa shape index (κ2) is 7.94. The molecule has 128 valence electrons. The number of hydrogen-bond donors (Lipinski definition) is 2. The normalized spacial score (nSPS) is 13.1. The van der Waals surface area contributed by atoms with E-state index >= 15 is 0 Å². The van der Waals surface area contributed by atoms with Gasteiger partial charge in [0.15, 0.2) is 0 Å². The van der Waals surface area contributed by atoms with Crippen LogP contribution in [0.15, 0.2) is 29.6 Å². The molecule has 2 aromatic heterocycles. The summed E-state index contributed by atoms with van der Waals surface area (Å²) in [6, 6.07) is 5.62. The predicted octanol–water partition coefficient (Wildman–Crippen LogP) is 2.18. The lowest BCUT2D eigenvalue weighted by Crippen LogP contribution is -2.30. The van der Waals surface area contributed by atoms with Gasteiger partial charge >= 0.3 is 0 Å². The van der Waals surface area contributed by atoms with E-state index in [1.165, 1.54) is 11.8 Å². The molecule has 1 aliphatic carbocycles. The smallest absolute Gasteiger partial charge is 0.252 e. The molecule has 0 aromatic carbocycles. The van der Waals surface area contributed by atoms with E-state index in [1.54, 1.807) is 24.5 Å². The van der Waals surface area contributed by atoms with Crippen molar-refractivity contribution in [3.05, 3.63) is 41.3 Å². The van der Waals surface area contributed by atoms with E-state index in [-0.39, 0.29) is 5.91 Å². The number of rotatable bonds is 7. The number of anilines is 1. The maximum absolute atomic E-state index is 12.5. The van der Waals surface area contributed by atoms with Crippen molar-refractivity contribution in [2.75, 3.05) is 24.7 Å². The van der Waals surface area contributed by atoms with Crippen molar-refractivity contribution in [2.24, 2.45) is 0 Å². The fraction of sp³-hybridized carbons (Fsp3) is 0.353. The minimum atomic E-state index is -0.257. The molecule has 0 bridgehead atoms. The van der Waals surface area contributed by atoms with Crippen molar-refractivity contribution in [3.63, 3.8) is 0 Å². The number of amides is 1. The van der Waals surface area contributed by atoms with Crippen molar-refractivity contribution >= 4 is 23.6 Å². The number of nitriles is 1. The monoisotopic (exact) mass is 354 g/mol. The molecule has 2 aromatic rings. The summed E-state index contributed by atoms with van der Waals surface area (Å²) in [5.74, 6) is 0.674. The summed E-state index contributed by atoms with van der Waals surface area (Å²) in [6.45, 7) is 0.894. The van der Waals surface area contributed by atoms with Crippen LogP contribution in [0.2, 0.25) is 0 Å². The van der Waals surface area contributed by atoms with E-state index in [4.69, 9.17) is 0 Å². The number of nitrogens with one attached hydrogen (secondary N) is 2. The van der Waals surface area contributed by atoms with Crippen molar-refractivity contribution < 1.29 is 4.79 Å². The Morgan fingerprint density at radius 1 is 1.36 bits per heavy atom. The molecule has 2 heterocycles. The maximum Gasteiger partial charge on any atom is 0.252 e. The van der Waals surface area contributed by atoms with E-state index in [1.807, 2.05) is 6.26 Å². The zero-order chi connectivity index (χ0) is 17.6. The van der Waals surface area contributed by atoms with Crippen molar-refractivity contribution in [2.45, 2.75) is 23.8 Å². The number of carbonyl (C=O) groups excluding carboxylic acids is 1. The summed E-state index contributed by atoms with van der Waals surface area (Å²) in [5, 5.41) is 15.9. The van der Waals surface area contributed by atoms with E-state index in [9.17, 15) is 10.1 Å². The Labute approximate surface area is 150 Å². The van der Waals surface area contributed by atoms with Gasteiger partial charge < -0.3 is 10.6 Å². The van der Waals surface area contributed by atoms with Gasteiger partial charge in [-0.2, -0.15) is 5.26 Å². The van der Waals surface area contributed by atoms with Gasteiger partial charge in [-0.25, -0.2) is 15.0 Å². The number of nitrogens with zero attached hydrogens (tertiary/aromatic N) is 4. The largest absolute Gasteiger partial charge is 0.352 e. The van der Waals surface area contributed by atoms with Crippen molar-refractivity contribution in [3.8, 4) is 6.07 Å². The van der Waals surface area contributed by atoms with E-state index in [0.717, 1.165) is 18.5 Å². The molecule has 0 saturated heterocycles. The minimum absolute atomic E-state index is 0.257. The highest BCUT2D eigenvalue weighted by atomic mass is 32.2. The number of thioether (sulfide) groups is 1. The molecule has 25 heavy (non-hydrogen) atoms. The predicted molar refractivity (Wildman–Crippen MR) is 95.6 cm³/mol. The van der Waals surface area contributed by atoms with E-state index < -0.39 is 0 Å². The van der Waals surface area contributed by atoms with Gasteiger partial charge in [-0.15, -0.1) is 11.8 Å². The highest BCUT2D eigenvalue weighted by molar-refractivity contribution is 7.98. The van der Waals surface area contributed by atoms with Gasteiger partial charge in [0.1, 0.15) is 11.1 Å². The zero-order valence-electron chi connectivity index (χ0n) is 13.8. The number of carbonyl (C=O) groups is 1. The second-order valence-electron chi connectivity index (χ2n) is 5.62. The zero-order valence-corrected chi connectivity index (χ0v) is 14.6. The standard InChI is InChI=1S/C17H18N6OS/c1-25-16-13(10-18)12(9-14(23-16)11-3-4-11)15(24)19-7-8-22-17-20-5-2-6-21-17/h2,5-6,9,11H,3-4,7-8H2,1H3,(H,19,24)(H,20,21,22). The lowest BCUT2D eigenvalue weighted by Gasteiger charge is -2.11. The average molecular weight is 354 g/mol. The van der Waals surface area contributed by atoms with Gasteiger partial charge in [0.25, 0.3) is 5.91 Å². The van der Waals surface area contributed by atoms with Crippen molar-refractivity contribution in [1.82, 2.24) is 20.3 Å². The quantitative estimate of drug-likeness (QED) is 0.580. The van der Waals surface area contributed by atoms with Gasteiger partial charge in [0, 0.05) is 37.1 Å². The molecule has 1 amide bonds. The second-order valence-corrected chi connectivity index (χ2v) is 6.42. The van der Waals surface area contributed by atoms with Crippen LogP contribution in [0, 0.1) is 11.3 Å². The van der Waals surface area contributed by atoms with Gasteiger partial charge in [0.2, 0.25) is 5.95 Å². The number of pyridine rings is 1. The molecule has 1 saturated carbocycles. The Balaban J connectivity index is 1.66. The van der Waals surface area contributed by atoms with Gasteiger partial charge in [0.05, 0.1) is 11.1 Å². The number of aromatic nitrogens is 3. The minimum Gasteiger partial charge on any atom is -0.352 e. The summed E-state index contributed by atoms with van der Waals surface area (Å²) < 4.78 is 0. The summed E-state index contributed by atoms with van der Waals surface area (Å²) in [4.78, 5) is 25.2. The lowest BCUT2D eigenvalue weighted by atomic mass is 10.1. The maximum atomic E-state index is 12.5. The first-order valence-corrected chi connectivity index (χ1v) is 9.23. The molecule has 2 N–H and O–H groups in total. The molecule has 0 aliphatic heterocycles. The Hall–Kier alpha value is -2.66. The molecule has 0 atom stereocenters.